The number of hydrogen-bond acceptors (Lipinski definition) is 4. The van der Waals surface area contributed by atoms with Crippen LogP contribution in [0.15, 0.2) is 24.3 Å². The van der Waals surface area contributed by atoms with Crippen LogP contribution in [0.2, 0.25) is 0 Å². The zero-order valence-corrected chi connectivity index (χ0v) is 10.7. The van der Waals surface area contributed by atoms with Crippen LogP contribution < -0.4 is 4.74 Å². The molecule has 6 nitrogen and oxygen atoms in total. The Kier molecular flexibility index (Phi) is 3.89. The fourth-order valence-corrected chi connectivity index (χ4v) is 1.74. The summed E-state index contributed by atoms with van der Waals surface area (Å²) < 4.78 is 43.0. The van der Waals surface area contributed by atoms with Gasteiger partial charge in [-0.05, 0) is 18.2 Å². The van der Waals surface area contributed by atoms with Gasteiger partial charge in [0.25, 0.3) is 0 Å². The van der Waals surface area contributed by atoms with Gasteiger partial charge in [0.15, 0.2) is 12.3 Å². The van der Waals surface area contributed by atoms with Crippen LogP contribution in [0.5, 0.6) is 5.75 Å². The van der Waals surface area contributed by atoms with E-state index in [0.717, 1.165) is 24.3 Å². The van der Waals surface area contributed by atoms with Gasteiger partial charge in [0, 0.05) is 11.5 Å². The average molecular weight is 315 g/mol. The van der Waals surface area contributed by atoms with Crippen molar-refractivity contribution in [2.45, 2.75) is 6.18 Å². The van der Waals surface area contributed by atoms with Gasteiger partial charge < -0.3 is 14.9 Å². The Morgan fingerprint density at radius 2 is 1.86 bits per heavy atom. The quantitative estimate of drug-likeness (QED) is 0.899. The first-order valence-electron chi connectivity index (χ1n) is 5.78. The molecule has 2 N–H and O–H groups in total. The number of carbonyl (C=O) groups is 2. The smallest absolute Gasteiger partial charge is 0.416 e. The number of halogens is 3. The number of hydrogen-bond donors (Lipinski definition) is 2. The van der Waals surface area contributed by atoms with Crippen molar-refractivity contribution in [1.82, 2.24) is 4.98 Å². The second-order valence-electron chi connectivity index (χ2n) is 4.22. The van der Waals surface area contributed by atoms with Crippen molar-refractivity contribution in [2.24, 2.45) is 0 Å². The van der Waals surface area contributed by atoms with Crippen LogP contribution in [0.3, 0.4) is 0 Å². The summed E-state index contributed by atoms with van der Waals surface area (Å²) in [6.45, 7) is -0.825. The maximum Gasteiger partial charge on any atom is 0.416 e. The summed E-state index contributed by atoms with van der Waals surface area (Å²) in [5, 5.41) is 17.4. The lowest BCUT2D eigenvalue weighted by molar-refractivity contribution is -0.139. The Balaban J connectivity index is 2.63. The number of carboxylic acid groups (broad SMARTS) is 2. The van der Waals surface area contributed by atoms with E-state index >= 15 is 0 Å². The number of fused-ring (bicyclic) bond motifs is 1. The number of aliphatic carboxylic acids is 1. The molecule has 9 heteroatoms. The van der Waals surface area contributed by atoms with Gasteiger partial charge in [0.05, 0.1) is 11.1 Å². The molecule has 0 fully saturated rings. The minimum absolute atomic E-state index is 0.0479. The Bertz CT molecular complexity index is 757. The van der Waals surface area contributed by atoms with Crippen LogP contribution in [0.4, 0.5) is 13.2 Å². The highest BCUT2D eigenvalue weighted by Gasteiger charge is 2.31. The lowest BCUT2D eigenvalue weighted by atomic mass is 10.1. The number of carboxylic acids is 2. The zero-order chi connectivity index (χ0) is 16.5. The van der Waals surface area contributed by atoms with Crippen LogP contribution >= 0.6 is 0 Å². The second kappa shape index (κ2) is 5.51. The molecular weight excluding hydrogens is 307 g/mol. The molecule has 1 aromatic carbocycles. The Labute approximate surface area is 120 Å². The number of aromatic nitrogens is 1. The maximum absolute atomic E-state index is 12.7. The number of pyridine rings is 1. The molecule has 22 heavy (non-hydrogen) atoms. The first-order valence-corrected chi connectivity index (χ1v) is 5.78. The van der Waals surface area contributed by atoms with Gasteiger partial charge in [-0.2, -0.15) is 13.2 Å². The molecule has 0 atom stereocenters. The average Bonchev–Trinajstić information content (AvgIpc) is 2.42. The lowest BCUT2D eigenvalue weighted by Gasteiger charge is -2.11. The molecule has 0 unspecified atom stereocenters. The van der Waals surface area contributed by atoms with Crippen molar-refractivity contribution in [3.8, 4) is 5.75 Å². The predicted molar refractivity (Wildman–Crippen MR) is 66.8 cm³/mol. The summed E-state index contributed by atoms with van der Waals surface area (Å²) >= 11 is 0. The molecule has 2 aromatic rings. The van der Waals surface area contributed by atoms with Crippen LogP contribution in [-0.4, -0.2) is 33.7 Å². The Morgan fingerprint density at radius 1 is 1.18 bits per heavy atom. The van der Waals surface area contributed by atoms with E-state index in [9.17, 15) is 22.8 Å². The molecule has 2 rings (SSSR count). The minimum atomic E-state index is -4.61. The van der Waals surface area contributed by atoms with Crippen molar-refractivity contribution in [2.75, 3.05) is 6.61 Å². The largest absolute Gasteiger partial charge is 0.481 e. The standard InChI is InChI=1S/C13H8F3NO5/c14-13(15,16)6-1-2-8-7(3-6)10(22-5-11(18)19)4-9(17-8)12(20)21/h1-4H,5H2,(H,18,19)(H,20,21). The monoisotopic (exact) mass is 315 g/mol. The molecule has 0 aliphatic heterocycles. The summed E-state index contributed by atoms with van der Waals surface area (Å²) in [6, 6.07) is 3.36. The van der Waals surface area contributed by atoms with Gasteiger partial charge in [0.1, 0.15) is 5.75 Å². The van der Waals surface area contributed by atoms with Crippen LogP contribution in [0.25, 0.3) is 10.9 Å². The topological polar surface area (TPSA) is 96.7 Å². The number of alkyl halides is 3. The molecule has 1 heterocycles. The highest BCUT2D eigenvalue weighted by molar-refractivity contribution is 5.93. The Morgan fingerprint density at radius 3 is 2.41 bits per heavy atom. The third-order valence-electron chi connectivity index (χ3n) is 2.67. The molecule has 0 aliphatic carbocycles. The molecule has 1 aromatic heterocycles. The minimum Gasteiger partial charge on any atom is -0.481 e. The van der Waals surface area contributed by atoms with E-state index in [-0.39, 0.29) is 16.7 Å². The van der Waals surface area contributed by atoms with Crippen molar-refractivity contribution in [1.29, 1.82) is 0 Å². The molecule has 0 saturated carbocycles. The van der Waals surface area contributed by atoms with Gasteiger partial charge in [0.2, 0.25) is 0 Å². The van der Waals surface area contributed by atoms with Gasteiger partial charge in [-0.25, -0.2) is 14.6 Å². The third-order valence-corrected chi connectivity index (χ3v) is 2.67. The summed E-state index contributed by atoms with van der Waals surface area (Å²) in [4.78, 5) is 25.2. The van der Waals surface area contributed by atoms with E-state index in [0.29, 0.717) is 0 Å². The van der Waals surface area contributed by atoms with E-state index in [4.69, 9.17) is 14.9 Å². The first-order chi connectivity index (χ1) is 10.2. The van der Waals surface area contributed by atoms with E-state index in [1.807, 2.05) is 0 Å². The van der Waals surface area contributed by atoms with Crippen molar-refractivity contribution in [3.63, 3.8) is 0 Å². The molecular formula is C13H8F3NO5. The summed E-state index contributed by atoms with van der Waals surface area (Å²) in [7, 11) is 0. The number of ether oxygens (including phenoxy) is 1. The Hall–Kier alpha value is -2.84. The van der Waals surface area contributed by atoms with Gasteiger partial charge in [-0.1, -0.05) is 0 Å². The maximum atomic E-state index is 12.7. The van der Waals surface area contributed by atoms with Crippen molar-refractivity contribution < 1.29 is 37.7 Å². The summed E-state index contributed by atoms with van der Waals surface area (Å²) in [6.07, 6.45) is -4.61. The van der Waals surface area contributed by atoms with Gasteiger partial charge in [-0.3, -0.25) is 0 Å². The summed E-state index contributed by atoms with van der Waals surface area (Å²) in [5.74, 6) is -3.06. The number of benzene rings is 1. The first kappa shape index (κ1) is 15.5. The van der Waals surface area contributed by atoms with E-state index < -0.39 is 36.0 Å². The molecule has 0 bridgehead atoms. The normalized spacial score (nSPS) is 11.4. The van der Waals surface area contributed by atoms with E-state index in [1.165, 1.54) is 0 Å². The molecule has 0 spiro atoms. The highest BCUT2D eigenvalue weighted by Crippen LogP contribution is 2.34. The third kappa shape index (κ3) is 3.25. The number of nitrogens with zero attached hydrogens (tertiary/aromatic N) is 1. The number of aromatic carboxylic acids is 1. The number of rotatable bonds is 4. The predicted octanol–water partition coefficient (Wildman–Crippen LogP) is 2.42. The van der Waals surface area contributed by atoms with Gasteiger partial charge >= 0.3 is 18.1 Å². The SMILES string of the molecule is O=C(O)COc1cc(C(=O)O)nc2ccc(C(F)(F)F)cc12. The molecule has 0 aliphatic rings. The second-order valence-corrected chi connectivity index (χ2v) is 4.22. The van der Waals surface area contributed by atoms with E-state index in [2.05, 4.69) is 4.98 Å². The molecule has 0 saturated heterocycles. The zero-order valence-electron chi connectivity index (χ0n) is 10.7. The highest BCUT2D eigenvalue weighted by atomic mass is 19.4. The summed E-state index contributed by atoms with van der Waals surface area (Å²) in [5.41, 5.74) is -1.49. The molecule has 116 valence electrons. The van der Waals surface area contributed by atoms with Crippen LogP contribution in [-0.2, 0) is 11.0 Å². The molecule has 0 amide bonds. The lowest BCUT2D eigenvalue weighted by Crippen LogP contribution is -2.11. The van der Waals surface area contributed by atoms with Gasteiger partial charge in [-0.15, -0.1) is 0 Å². The fraction of sp³-hybridized carbons (Fsp3) is 0.154. The van der Waals surface area contributed by atoms with Crippen LogP contribution in [0.1, 0.15) is 16.1 Å². The molecule has 0 radical (unpaired) electrons. The van der Waals surface area contributed by atoms with Crippen molar-refractivity contribution in [3.05, 3.63) is 35.5 Å². The van der Waals surface area contributed by atoms with Crippen molar-refractivity contribution >= 4 is 22.8 Å². The fourth-order valence-electron chi connectivity index (χ4n) is 1.74. The van der Waals surface area contributed by atoms with E-state index in [1.54, 1.807) is 0 Å². The van der Waals surface area contributed by atoms with Crippen LogP contribution in [0, 0.1) is 0 Å².